The van der Waals surface area contributed by atoms with Crippen LogP contribution in [-0.4, -0.2) is 34.3 Å². The lowest BCUT2D eigenvalue weighted by molar-refractivity contribution is 0.791. The van der Waals surface area contributed by atoms with Crippen LogP contribution in [0.3, 0.4) is 0 Å². The molecule has 0 unspecified atom stereocenters. The van der Waals surface area contributed by atoms with Crippen molar-refractivity contribution >= 4 is 41.5 Å². The number of guanidine groups is 1. The normalized spacial score (nSPS) is 11.0. The summed E-state index contributed by atoms with van der Waals surface area (Å²) in [5.74, 6) is 0.761. The lowest BCUT2D eigenvalue weighted by atomic mass is 10.2. The second-order valence-electron chi connectivity index (χ2n) is 5.71. The van der Waals surface area contributed by atoms with Crippen LogP contribution >= 0.6 is 35.6 Å². The predicted octanol–water partition coefficient (Wildman–Crippen LogP) is 3.45. The Hall–Kier alpha value is -2.13. The van der Waals surface area contributed by atoms with Gasteiger partial charge in [-0.1, -0.05) is 29.8 Å². The number of aliphatic imine (C=N–C) groups is 1. The van der Waals surface area contributed by atoms with Gasteiger partial charge in [0, 0.05) is 38.7 Å². The van der Waals surface area contributed by atoms with E-state index in [4.69, 9.17) is 11.6 Å². The second kappa shape index (κ2) is 10.9. The lowest BCUT2D eigenvalue weighted by Gasteiger charge is -2.12. The Morgan fingerprint density at radius 2 is 2.04 bits per heavy atom. The van der Waals surface area contributed by atoms with E-state index in [1.165, 1.54) is 0 Å². The molecule has 27 heavy (non-hydrogen) atoms. The van der Waals surface area contributed by atoms with Crippen molar-refractivity contribution in [2.24, 2.45) is 4.99 Å². The summed E-state index contributed by atoms with van der Waals surface area (Å²) in [6.07, 6.45) is 6.34. The summed E-state index contributed by atoms with van der Waals surface area (Å²) in [4.78, 5) is 8.35. The molecule has 0 bridgehead atoms. The number of hydrogen-bond donors (Lipinski definition) is 2. The van der Waals surface area contributed by atoms with Gasteiger partial charge < -0.3 is 10.6 Å². The monoisotopic (exact) mass is 496 g/mol. The Morgan fingerprint density at radius 1 is 1.15 bits per heavy atom. The zero-order valence-electron chi connectivity index (χ0n) is 15.0. The molecule has 3 aromatic rings. The van der Waals surface area contributed by atoms with Crippen LogP contribution in [0.2, 0.25) is 5.15 Å². The van der Waals surface area contributed by atoms with Crippen LogP contribution in [-0.2, 0) is 13.0 Å². The Balaban J connectivity index is 0.00000261. The molecule has 2 aromatic heterocycles. The van der Waals surface area contributed by atoms with Crippen LogP contribution in [0.15, 0.2) is 66.0 Å². The summed E-state index contributed by atoms with van der Waals surface area (Å²) in [7, 11) is 1.76. The number of benzene rings is 1. The van der Waals surface area contributed by atoms with Crippen molar-refractivity contribution in [3.05, 3.63) is 77.3 Å². The third-order valence-electron chi connectivity index (χ3n) is 3.86. The Labute approximate surface area is 181 Å². The molecule has 3 rings (SSSR count). The molecule has 0 radical (unpaired) electrons. The molecule has 142 valence electrons. The van der Waals surface area contributed by atoms with E-state index in [1.54, 1.807) is 25.5 Å². The first-order valence-corrected chi connectivity index (χ1v) is 8.76. The van der Waals surface area contributed by atoms with Gasteiger partial charge in [-0.3, -0.25) is 4.99 Å². The van der Waals surface area contributed by atoms with E-state index in [-0.39, 0.29) is 24.0 Å². The van der Waals surface area contributed by atoms with Gasteiger partial charge in [0.25, 0.3) is 0 Å². The standard InChI is InChI=1S/C19H21ClN6.HI/c1-21-19(22-10-8-15-6-7-18(20)23-13-15)24-14-16-4-2-5-17(12-16)26-11-3-9-25-26;/h2-7,9,11-13H,8,10,14H2,1H3,(H2,21,22,24);1H. The third-order valence-corrected chi connectivity index (χ3v) is 4.08. The minimum atomic E-state index is 0. The van der Waals surface area contributed by atoms with Crippen LogP contribution in [0, 0.1) is 0 Å². The molecule has 6 nitrogen and oxygen atoms in total. The first-order chi connectivity index (χ1) is 12.7. The van der Waals surface area contributed by atoms with Crippen LogP contribution in [0.5, 0.6) is 0 Å². The number of nitrogens with one attached hydrogen (secondary N) is 2. The maximum atomic E-state index is 5.80. The molecule has 0 fully saturated rings. The van der Waals surface area contributed by atoms with E-state index in [2.05, 4.69) is 37.8 Å². The topological polar surface area (TPSA) is 67.1 Å². The molecule has 0 spiro atoms. The summed E-state index contributed by atoms with van der Waals surface area (Å²) in [6, 6.07) is 13.9. The summed E-state index contributed by atoms with van der Waals surface area (Å²) in [5, 5.41) is 11.4. The Bertz CT molecular complexity index is 849. The number of aromatic nitrogens is 3. The smallest absolute Gasteiger partial charge is 0.191 e. The van der Waals surface area contributed by atoms with Gasteiger partial charge in [-0.15, -0.1) is 24.0 Å². The van der Waals surface area contributed by atoms with E-state index in [9.17, 15) is 0 Å². The van der Waals surface area contributed by atoms with Gasteiger partial charge in [-0.2, -0.15) is 5.10 Å². The SMILES string of the molecule is CN=C(NCCc1ccc(Cl)nc1)NCc1cccc(-n2cccn2)c1.I. The quantitative estimate of drug-likeness (QED) is 0.237. The van der Waals surface area contributed by atoms with Gasteiger partial charge >= 0.3 is 0 Å². The Morgan fingerprint density at radius 3 is 2.74 bits per heavy atom. The van der Waals surface area contributed by atoms with Gasteiger partial charge in [0.2, 0.25) is 0 Å². The number of halogens is 2. The van der Waals surface area contributed by atoms with E-state index in [1.807, 2.05) is 35.1 Å². The van der Waals surface area contributed by atoms with Crippen molar-refractivity contribution in [1.82, 2.24) is 25.4 Å². The fraction of sp³-hybridized carbons (Fsp3) is 0.211. The molecular weight excluding hydrogens is 475 g/mol. The molecule has 8 heteroatoms. The molecule has 0 atom stereocenters. The highest BCUT2D eigenvalue weighted by Gasteiger charge is 2.02. The molecule has 0 amide bonds. The van der Waals surface area contributed by atoms with E-state index < -0.39 is 0 Å². The van der Waals surface area contributed by atoms with E-state index in [0.29, 0.717) is 11.7 Å². The van der Waals surface area contributed by atoms with Crippen LogP contribution in [0.25, 0.3) is 5.69 Å². The van der Waals surface area contributed by atoms with Gasteiger partial charge in [-0.05, 0) is 41.8 Å². The van der Waals surface area contributed by atoms with Gasteiger partial charge in [-0.25, -0.2) is 9.67 Å². The molecule has 2 N–H and O–H groups in total. The molecule has 0 saturated heterocycles. The summed E-state index contributed by atoms with van der Waals surface area (Å²) < 4.78 is 1.84. The first kappa shape index (κ1) is 21.2. The molecule has 0 aliphatic carbocycles. The van der Waals surface area contributed by atoms with Gasteiger partial charge in [0.15, 0.2) is 5.96 Å². The van der Waals surface area contributed by atoms with Crippen molar-refractivity contribution in [3.63, 3.8) is 0 Å². The zero-order chi connectivity index (χ0) is 18.2. The largest absolute Gasteiger partial charge is 0.356 e. The molecule has 2 heterocycles. The average Bonchev–Trinajstić information content (AvgIpc) is 3.21. The predicted molar refractivity (Wildman–Crippen MR) is 120 cm³/mol. The fourth-order valence-corrected chi connectivity index (χ4v) is 2.63. The van der Waals surface area contributed by atoms with Gasteiger partial charge in [0.1, 0.15) is 5.15 Å². The zero-order valence-corrected chi connectivity index (χ0v) is 18.1. The van der Waals surface area contributed by atoms with Crippen molar-refractivity contribution < 1.29 is 0 Å². The number of hydrogen-bond acceptors (Lipinski definition) is 3. The average molecular weight is 497 g/mol. The molecular formula is C19H22ClIN6. The Kier molecular flexibility index (Phi) is 8.53. The van der Waals surface area contributed by atoms with E-state index in [0.717, 1.165) is 35.7 Å². The van der Waals surface area contributed by atoms with Crippen LogP contribution in [0.1, 0.15) is 11.1 Å². The molecule has 0 aliphatic heterocycles. The highest BCUT2D eigenvalue weighted by Crippen LogP contribution is 2.09. The maximum Gasteiger partial charge on any atom is 0.191 e. The van der Waals surface area contributed by atoms with E-state index >= 15 is 0 Å². The second-order valence-corrected chi connectivity index (χ2v) is 6.10. The first-order valence-electron chi connectivity index (χ1n) is 8.38. The highest BCUT2D eigenvalue weighted by molar-refractivity contribution is 14.0. The number of nitrogens with zero attached hydrogens (tertiary/aromatic N) is 4. The summed E-state index contributed by atoms with van der Waals surface area (Å²) in [6.45, 7) is 1.44. The lowest BCUT2D eigenvalue weighted by Crippen LogP contribution is -2.37. The van der Waals surface area contributed by atoms with Crippen LogP contribution in [0.4, 0.5) is 0 Å². The summed E-state index contributed by atoms with van der Waals surface area (Å²) in [5.41, 5.74) is 3.32. The van der Waals surface area contributed by atoms with Crippen molar-refractivity contribution in [3.8, 4) is 5.69 Å². The minimum Gasteiger partial charge on any atom is -0.356 e. The number of pyridine rings is 1. The van der Waals surface area contributed by atoms with Gasteiger partial charge in [0.05, 0.1) is 5.69 Å². The van der Waals surface area contributed by atoms with Crippen molar-refractivity contribution in [2.45, 2.75) is 13.0 Å². The molecule has 0 aliphatic rings. The summed E-state index contributed by atoms with van der Waals surface area (Å²) >= 11 is 5.80. The minimum absolute atomic E-state index is 0. The number of rotatable bonds is 6. The maximum absolute atomic E-state index is 5.80. The van der Waals surface area contributed by atoms with Crippen molar-refractivity contribution in [2.75, 3.05) is 13.6 Å². The molecule has 1 aromatic carbocycles. The molecule has 0 saturated carbocycles. The third kappa shape index (κ3) is 6.51. The highest BCUT2D eigenvalue weighted by atomic mass is 127. The fourth-order valence-electron chi connectivity index (χ4n) is 2.52. The van der Waals surface area contributed by atoms with Crippen molar-refractivity contribution in [1.29, 1.82) is 0 Å². The van der Waals surface area contributed by atoms with Crippen LogP contribution < -0.4 is 10.6 Å².